The second kappa shape index (κ2) is 14.0. The second-order valence-electron chi connectivity index (χ2n) is 15.4. The molecule has 0 spiro atoms. The van der Waals surface area contributed by atoms with E-state index in [4.69, 9.17) is 29.3 Å². The van der Waals surface area contributed by atoms with Crippen LogP contribution in [0.1, 0.15) is 8.22 Å². The molecule has 0 N–H and O–H groups in total. The van der Waals surface area contributed by atoms with Gasteiger partial charge in [0.25, 0.3) is 0 Å². The molecule has 13 aromatic rings. The Labute approximate surface area is 369 Å². The van der Waals surface area contributed by atoms with Gasteiger partial charge in [-0.2, -0.15) is 0 Å². The summed E-state index contributed by atoms with van der Waals surface area (Å²) in [6.45, 7) is 0. The molecule has 0 saturated carbocycles. The van der Waals surface area contributed by atoms with Crippen LogP contribution in [0.15, 0.2) is 215 Å². The monoisotopic (exact) mass is 812 g/mol. The lowest BCUT2D eigenvalue weighted by atomic mass is 9.95. The summed E-state index contributed by atoms with van der Waals surface area (Å²) in [5.74, 6) is 1.58. The van der Waals surface area contributed by atoms with Crippen molar-refractivity contribution in [1.82, 2.24) is 19.5 Å². The predicted octanol–water partition coefficient (Wildman–Crippen LogP) is 15.1. The second-order valence-corrected chi connectivity index (χ2v) is 15.4. The Bertz CT molecular complexity index is 4150. The van der Waals surface area contributed by atoms with E-state index in [1.165, 1.54) is 12.1 Å². The first kappa shape index (κ1) is 29.6. The Morgan fingerprint density at radius 2 is 0.905 bits per heavy atom. The first-order valence-corrected chi connectivity index (χ1v) is 20.6. The normalized spacial score (nSPS) is 13.1. The van der Waals surface area contributed by atoms with Crippen LogP contribution in [0, 0.1) is 0 Å². The van der Waals surface area contributed by atoms with Gasteiger partial charge >= 0.3 is 0 Å². The van der Waals surface area contributed by atoms with Crippen LogP contribution in [0.25, 0.3) is 128 Å². The van der Waals surface area contributed by atoms with Gasteiger partial charge in [0, 0.05) is 54.6 Å². The summed E-state index contributed by atoms with van der Waals surface area (Å²) in [6.07, 6.45) is 0. The maximum absolute atomic E-state index is 9.23. The number of aromatic nitrogens is 4. The Kier molecular flexibility index (Phi) is 6.56. The van der Waals surface area contributed by atoms with Crippen molar-refractivity contribution in [3.63, 3.8) is 0 Å². The Balaban J connectivity index is 1.03. The summed E-state index contributed by atoms with van der Waals surface area (Å²) < 4.78 is 68.9. The average Bonchev–Trinajstić information content (AvgIpc) is 4.08. The lowest BCUT2D eigenvalue weighted by molar-refractivity contribution is 0.669. The van der Waals surface area contributed by atoms with E-state index in [0.717, 1.165) is 60.5 Å². The summed E-state index contributed by atoms with van der Waals surface area (Å²) in [5, 5.41) is 4.05. The fourth-order valence-electron chi connectivity index (χ4n) is 8.92. The molecule has 6 heteroatoms. The van der Waals surface area contributed by atoms with Crippen molar-refractivity contribution in [2.45, 2.75) is 0 Å². The summed E-state index contributed by atoms with van der Waals surface area (Å²) >= 11 is 0. The molecular formula is C57H34N4O2. The van der Waals surface area contributed by atoms with Gasteiger partial charge in [0.15, 0.2) is 17.5 Å². The van der Waals surface area contributed by atoms with Crippen LogP contribution in [-0.2, 0) is 0 Å². The van der Waals surface area contributed by atoms with E-state index in [-0.39, 0.29) is 58.1 Å². The minimum Gasteiger partial charge on any atom is -0.455 e. The third-order valence-electron chi connectivity index (χ3n) is 11.8. The SMILES string of the molecule is [2H]c1cc([2H])c2c(c1[2H])c1c([2H])c([2H])cc([2H])c1n2-c1ccc(-c2ccc3c(c2)oc2c(-c4nc(-c5ccccc5)nc(-c5ccccc5)n4)cccc23)cc1-c1cccc2c1oc1ccccc12. The third kappa shape index (κ3) is 5.62. The number of hydrogen-bond acceptors (Lipinski definition) is 5. The molecule has 0 aliphatic heterocycles. The Morgan fingerprint density at radius 1 is 0.365 bits per heavy atom. The van der Waals surface area contributed by atoms with E-state index in [9.17, 15) is 2.74 Å². The number of furan rings is 2. The first-order valence-electron chi connectivity index (χ1n) is 23.6. The molecule has 6 nitrogen and oxygen atoms in total. The number of para-hydroxylation sites is 5. The van der Waals surface area contributed by atoms with Crippen LogP contribution in [0.3, 0.4) is 0 Å². The highest BCUT2D eigenvalue weighted by Crippen LogP contribution is 2.43. The van der Waals surface area contributed by atoms with Gasteiger partial charge in [0.1, 0.15) is 22.3 Å². The number of hydrogen-bond donors (Lipinski definition) is 0. The lowest BCUT2D eigenvalue weighted by Crippen LogP contribution is -2.00. The number of nitrogens with zero attached hydrogens (tertiary/aromatic N) is 4. The van der Waals surface area contributed by atoms with Crippen molar-refractivity contribution >= 4 is 65.7 Å². The van der Waals surface area contributed by atoms with E-state index in [0.29, 0.717) is 45.5 Å². The number of rotatable bonds is 6. The van der Waals surface area contributed by atoms with E-state index < -0.39 is 0 Å². The molecular weight excluding hydrogens is 773 g/mol. The van der Waals surface area contributed by atoms with Crippen molar-refractivity contribution in [2.24, 2.45) is 0 Å². The van der Waals surface area contributed by atoms with Gasteiger partial charge < -0.3 is 13.4 Å². The fraction of sp³-hybridized carbons (Fsp3) is 0. The van der Waals surface area contributed by atoms with Crippen LogP contribution in [0.2, 0.25) is 0 Å². The van der Waals surface area contributed by atoms with Gasteiger partial charge in [-0.15, -0.1) is 0 Å². The zero-order valence-electron chi connectivity index (χ0n) is 39.3. The fourth-order valence-corrected chi connectivity index (χ4v) is 8.92. The molecule has 0 bridgehead atoms. The molecule has 9 aromatic carbocycles. The number of benzene rings is 9. The topological polar surface area (TPSA) is 69.9 Å². The quantitative estimate of drug-likeness (QED) is 0.167. The molecule has 4 aromatic heterocycles. The minimum absolute atomic E-state index is 0.0380. The summed E-state index contributed by atoms with van der Waals surface area (Å²) in [6, 6.07) is 53.5. The molecule has 4 heterocycles. The molecule has 0 unspecified atom stereocenters. The van der Waals surface area contributed by atoms with Gasteiger partial charge in [-0.3, -0.25) is 0 Å². The maximum Gasteiger partial charge on any atom is 0.167 e. The van der Waals surface area contributed by atoms with Crippen LogP contribution in [0.5, 0.6) is 0 Å². The minimum atomic E-state index is -0.175. The Hall–Kier alpha value is -8.61. The highest BCUT2D eigenvalue weighted by atomic mass is 16.3. The van der Waals surface area contributed by atoms with Crippen molar-refractivity contribution < 1.29 is 17.1 Å². The van der Waals surface area contributed by atoms with E-state index in [1.54, 1.807) is 4.57 Å². The highest BCUT2D eigenvalue weighted by molar-refractivity contribution is 6.13. The first-order chi connectivity index (χ1) is 33.7. The van der Waals surface area contributed by atoms with Crippen molar-refractivity contribution in [2.75, 3.05) is 0 Å². The van der Waals surface area contributed by atoms with Crippen LogP contribution >= 0.6 is 0 Å². The standard InChI is InChI=1S/C57H34N4O2/c1-3-15-35(16-4-1)55-58-56(36-17-5-2-6-18-36)60-57(59-55)46-25-14-23-44-42-31-29-38(34-52(42)63-54(44)46)37-30-32-50(61-48-26-10-7-19-39(48)40-20-8-11-27-49(40)61)47(33-37)45-24-13-22-43-41-21-9-12-28-51(41)62-53(43)45/h1-34H/i7D,8D,19D,20D,26D,27D. The van der Waals surface area contributed by atoms with E-state index >= 15 is 0 Å². The van der Waals surface area contributed by atoms with Crippen molar-refractivity contribution in [3.05, 3.63) is 206 Å². The molecule has 0 aliphatic rings. The van der Waals surface area contributed by atoms with Gasteiger partial charge in [-0.1, -0.05) is 158 Å². The van der Waals surface area contributed by atoms with E-state index in [2.05, 4.69) is 18.2 Å². The predicted molar refractivity (Wildman–Crippen MR) is 256 cm³/mol. The molecule has 13 rings (SSSR count). The lowest BCUT2D eigenvalue weighted by Gasteiger charge is -2.16. The van der Waals surface area contributed by atoms with Crippen LogP contribution in [0.4, 0.5) is 0 Å². The summed E-state index contributed by atoms with van der Waals surface area (Å²) in [5.41, 5.74) is 9.37. The van der Waals surface area contributed by atoms with Crippen molar-refractivity contribution in [3.8, 4) is 62.1 Å². The molecule has 0 fully saturated rings. The van der Waals surface area contributed by atoms with E-state index in [1.807, 2.05) is 140 Å². The molecule has 63 heavy (non-hydrogen) atoms. The van der Waals surface area contributed by atoms with Gasteiger partial charge in [0.2, 0.25) is 0 Å². The van der Waals surface area contributed by atoms with Crippen LogP contribution in [-0.4, -0.2) is 19.5 Å². The zero-order chi connectivity index (χ0) is 46.7. The van der Waals surface area contributed by atoms with Gasteiger partial charge in [0.05, 0.1) is 30.5 Å². The Morgan fingerprint density at radius 3 is 1.60 bits per heavy atom. The molecule has 294 valence electrons. The third-order valence-corrected chi connectivity index (χ3v) is 11.8. The van der Waals surface area contributed by atoms with Crippen molar-refractivity contribution in [1.29, 1.82) is 0 Å². The summed E-state index contributed by atoms with van der Waals surface area (Å²) in [4.78, 5) is 14.9. The summed E-state index contributed by atoms with van der Waals surface area (Å²) in [7, 11) is 0. The smallest absolute Gasteiger partial charge is 0.167 e. The molecule has 0 amide bonds. The number of fused-ring (bicyclic) bond motifs is 9. The van der Waals surface area contributed by atoms with Gasteiger partial charge in [-0.25, -0.2) is 15.0 Å². The zero-order valence-corrected chi connectivity index (χ0v) is 33.3. The largest absolute Gasteiger partial charge is 0.455 e. The molecule has 0 aliphatic carbocycles. The maximum atomic E-state index is 9.23. The highest BCUT2D eigenvalue weighted by Gasteiger charge is 2.22. The molecule has 0 atom stereocenters. The van der Waals surface area contributed by atoms with Crippen LogP contribution < -0.4 is 0 Å². The average molecular weight is 813 g/mol. The van der Waals surface area contributed by atoms with Gasteiger partial charge in [-0.05, 0) is 59.6 Å². The molecule has 0 saturated heterocycles. The molecule has 0 radical (unpaired) electrons.